The third-order valence-corrected chi connectivity index (χ3v) is 3.48. The number of likely N-dealkylation sites (N-methyl/N-ethyl adjacent to an activating group) is 1. The molecule has 7 nitrogen and oxygen atoms in total. The number of amides is 1. The van der Waals surface area contributed by atoms with Crippen molar-refractivity contribution in [1.82, 2.24) is 0 Å². The fourth-order valence-electron chi connectivity index (χ4n) is 2.40. The maximum Gasteiger partial charge on any atom is 0.292 e. The Hall–Kier alpha value is -2.93. The molecule has 0 aliphatic carbocycles. The SMILES string of the molecule is COc1cccc(C[NH+](C)CC(=O)Nc2ccccc2[N+](=O)[O-])c1. The van der Waals surface area contributed by atoms with Gasteiger partial charge in [-0.05, 0) is 18.2 Å². The third kappa shape index (κ3) is 4.79. The van der Waals surface area contributed by atoms with Crippen LogP contribution in [0.4, 0.5) is 11.4 Å². The summed E-state index contributed by atoms with van der Waals surface area (Å²) in [5.41, 5.74) is 1.14. The molecular formula is C17H20N3O4+. The standard InChI is InChI=1S/C17H19N3O4/c1-19(11-13-6-5-7-14(10-13)24-2)12-17(21)18-15-8-3-4-9-16(15)20(22)23/h3-10H,11-12H2,1-2H3,(H,18,21)/p+1. The number of methoxy groups -OCH3 is 1. The molecule has 0 aliphatic rings. The van der Waals surface area contributed by atoms with Crippen LogP contribution in [-0.2, 0) is 11.3 Å². The van der Waals surface area contributed by atoms with E-state index in [0.717, 1.165) is 16.2 Å². The number of quaternary nitrogens is 1. The normalized spacial score (nSPS) is 11.6. The highest BCUT2D eigenvalue weighted by atomic mass is 16.6. The Morgan fingerprint density at radius 1 is 1.25 bits per heavy atom. The summed E-state index contributed by atoms with van der Waals surface area (Å²) in [7, 11) is 3.49. The van der Waals surface area contributed by atoms with Gasteiger partial charge in [0.1, 0.15) is 18.0 Å². The highest BCUT2D eigenvalue weighted by Crippen LogP contribution is 2.22. The molecular weight excluding hydrogens is 310 g/mol. The van der Waals surface area contributed by atoms with E-state index in [9.17, 15) is 14.9 Å². The highest BCUT2D eigenvalue weighted by Gasteiger charge is 2.17. The number of rotatable bonds is 7. The van der Waals surface area contributed by atoms with E-state index in [4.69, 9.17) is 4.74 Å². The minimum Gasteiger partial charge on any atom is -0.497 e. The summed E-state index contributed by atoms with van der Waals surface area (Å²) in [5.74, 6) is 0.495. The summed E-state index contributed by atoms with van der Waals surface area (Å²) in [5, 5.41) is 13.6. The van der Waals surface area contributed by atoms with Crippen molar-refractivity contribution in [3.63, 3.8) is 0 Å². The zero-order valence-electron chi connectivity index (χ0n) is 13.6. The van der Waals surface area contributed by atoms with Crippen molar-refractivity contribution in [3.8, 4) is 5.75 Å². The fourth-order valence-corrected chi connectivity index (χ4v) is 2.40. The molecule has 2 aromatic rings. The lowest BCUT2D eigenvalue weighted by Gasteiger charge is -2.14. The Labute approximate surface area is 140 Å². The zero-order valence-corrected chi connectivity index (χ0v) is 13.6. The largest absolute Gasteiger partial charge is 0.497 e. The van der Waals surface area contributed by atoms with Crippen LogP contribution >= 0.6 is 0 Å². The van der Waals surface area contributed by atoms with E-state index in [-0.39, 0.29) is 23.8 Å². The lowest BCUT2D eigenvalue weighted by molar-refractivity contribution is -0.885. The van der Waals surface area contributed by atoms with Crippen molar-refractivity contribution < 1.29 is 19.4 Å². The molecule has 2 N–H and O–H groups in total. The monoisotopic (exact) mass is 330 g/mol. The van der Waals surface area contributed by atoms with E-state index < -0.39 is 4.92 Å². The van der Waals surface area contributed by atoms with Crippen LogP contribution in [0.5, 0.6) is 5.75 Å². The Morgan fingerprint density at radius 3 is 2.71 bits per heavy atom. The van der Waals surface area contributed by atoms with Gasteiger partial charge in [-0.3, -0.25) is 14.9 Å². The predicted octanol–water partition coefficient (Wildman–Crippen LogP) is 1.26. The number of nitrogens with zero attached hydrogens (tertiary/aromatic N) is 1. The zero-order chi connectivity index (χ0) is 17.5. The molecule has 0 saturated carbocycles. The van der Waals surface area contributed by atoms with E-state index >= 15 is 0 Å². The van der Waals surface area contributed by atoms with Crippen molar-refractivity contribution in [1.29, 1.82) is 0 Å². The van der Waals surface area contributed by atoms with Gasteiger partial charge in [-0.15, -0.1) is 0 Å². The molecule has 0 saturated heterocycles. The van der Waals surface area contributed by atoms with Gasteiger partial charge in [-0.1, -0.05) is 24.3 Å². The van der Waals surface area contributed by atoms with E-state index in [1.54, 1.807) is 19.2 Å². The number of carbonyl (C=O) groups is 1. The second-order valence-electron chi connectivity index (χ2n) is 5.48. The average Bonchev–Trinajstić information content (AvgIpc) is 2.55. The van der Waals surface area contributed by atoms with Gasteiger partial charge >= 0.3 is 0 Å². The van der Waals surface area contributed by atoms with Gasteiger partial charge in [-0.25, -0.2) is 0 Å². The van der Waals surface area contributed by atoms with Crippen molar-refractivity contribution in [2.24, 2.45) is 0 Å². The average molecular weight is 330 g/mol. The molecule has 24 heavy (non-hydrogen) atoms. The lowest BCUT2D eigenvalue weighted by Crippen LogP contribution is -3.08. The number of nitro groups is 1. The number of para-hydroxylation sites is 2. The molecule has 1 amide bonds. The Kier molecular flexibility index (Phi) is 5.86. The molecule has 1 atom stereocenters. The second kappa shape index (κ2) is 8.07. The van der Waals surface area contributed by atoms with Crippen molar-refractivity contribution in [3.05, 3.63) is 64.2 Å². The van der Waals surface area contributed by atoms with Gasteiger partial charge in [0.05, 0.1) is 19.1 Å². The summed E-state index contributed by atoms with van der Waals surface area (Å²) in [4.78, 5) is 23.5. The molecule has 126 valence electrons. The summed E-state index contributed by atoms with van der Waals surface area (Å²) in [6.45, 7) is 0.838. The minimum absolute atomic E-state index is 0.115. The smallest absolute Gasteiger partial charge is 0.292 e. The fraction of sp³-hybridized carbons (Fsp3) is 0.235. The number of anilines is 1. The number of hydrogen-bond acceptors (Lipinski definition) is 4. The summed E-state index contributed by atoms with van der Waals surface area (Å²) in [6.07, 6.45) is 0. The lowest BCUT2D eigenvalue weighted by atomic mass is 10.2. The van der Waals surface area contributed by atoms with Crippen LogP contribution in [0.1, 0.15) is 5.56 Å². The molecule has 2 aromatic carbocycles. The Bertz CT molecular complexity index is 733. The van der Waals surface area contributed by atoms with Gasteiger partial charge < -0.3 is 15.0 Å². The highest BCUT2D eigenvalue weighted by molar-refractivity contribution is 5.93. The molecule has 0 radical (unpaired) electrons. The third-order valence-electron chi connectivity index (χ3n) is 3.48. The van der Waals surface area contributed by atoms with Crippen molar-refractivity contribution in [2.45, 2.75) is 6.54 Å². The van der Waals surface area contributed by atoms with Crippen LogP contribution < -0.4 is 15.0 Å². The van der Waals surface area contributed by atoms with Gasteiger partial charge in [0.2, 0.25) is 0 Å². The first-order valence-electron chi connectivity index (χ1n) is 7.47. The summed E-state index contributed by atoms with van der Waals surface area (Å²) >= 11 is 0. The van der Waals surface area contributed by atoms with Crippen LogP contribution in [-0.4, -0.2) is 31.5 Å². The molecule has 0 spiro atoms. The van der Waals surface area contributed by atoms with Gasteiger partial charge in [0.25, 0.3) is 11.6 Å². The van der Waals surface area contributed by atoms with Crippen LogP contribution in [0.3, 0.4) is 0 Å². The van der Waals surface area contributed by atoms with Crippen LogP contribution in [0.25, 0.3) is 0 Å². The van der Waals surface area contributed by atoms with Gasteiger partial charge in [0, 0.05) is 11.6 Å². The van der Waals surface area contributed by atoms with Crippen molar-refractivity contribution in [2.75, 3.05) is 26.0 Å². The Morgan fingerprint density at radius 2 is 2.00 bits per heavy atom. The van der Waals surface area contributed by atoms with Gasteiger partial charge in [-0.2, -0.15) is 0 Å². The quantitative estimate of drug-likeness (QED) is 0.591. The van der Waals surface area contributed by atoms with Crippen LogP contribution in [0, 0.1) is 10.1 Å². The van der Waals surface area contributed by atoms with Crippen LogP contribution in [0.2, 0.25) is 0 Å². The van der Waals surface area contributed by atoms with E-state index in [0.29, 0.717) is 6.54 Å². The first-order valence-corrected chi connectivity index (χ1v) is 7.47. The molecule has 1 unspecified atom stereocenters. The molecule has 7 heteroatoms. The molecule has 0 bridgehead atoms. The van der Waals surface area contributed by atoms with E-state index in [1.165, 1.54) is 12.1 Å². The first-order chi connectivity index (χ1) is 11.5. The van der Waals surface area contributed by atoms with E-state index in [1.807, 2.05) is 31.3 Å². The Balaban J connectivity index is 1.95. The number of nitrogens with one attached hydrogen (secondary N) is 2. The molecule has 2 rings (SSSR count). The first kappa shape index (κ1) is 17.4. The summed E-state index contributed by atoms with van der Waals surface area (Å²) < 4.78 is 5.18. The molecule has 0 aromatic heterocycles. The maximum absolute atomic E-state index is 12.1. The number of carbonyl (C=O) groups excluding carboxylic acids is 1. The maximum atomic E-state index is 12.1. The molecule has 0 aliphatic heterocycles. The second-order valence-corrected chi connectivity index (χ2v) is 5.48. The number of hydrogen-bond donors (Lipinski definition) is 2. The number of ether oxygens (including phenoxy) is 1. The predicted molar refractivity (Wildman–Crippen MR) is 90.2 cm³/mol. The summed E-state index contributed by atoms with van der Waals surface area (Å²) in [6, 6.07) is 13.7. The van der Waals surface area contributed by atoms with Gasteiger partial charge in [0.15, 0.2) is 6.54 Å². The minimum atomic E-state index is -0.511. The number of nitro benzene ring substituents is 1. The molecule has 0 fully saturated rings. The van der Waals surface area contributed by atoms with Crippen molar-refractivity contribution >= 4 is 17.3 Å². The number of benzene rings is 2. The molecule has 0 heterocycles. The van der Waals surface area contributed by atoms with E-state index in [2.05, 4.69) is 5.32 Å². The topological polar surface area (TPSA) is 85.9 Å². The van der Waals surface area contributed by atoms with Crippen LogP contribution in [0.15, 0.2) is 48.5 Å².